The molecule has 0 radical (unpaired) electrons. The molecule has 0 fully saturated rings. The molecule has 1 aromatic carbocycles. The maximum atomic E-state index is 12.8. The van der Waals surface area contributed by atoms with Crippen LogP contribution >= 0.6 is 0 Å². The molecular formula is C25H31NO6. The van der Waals surface area contributed by atoms with Crippen molar-refractivity contribution in [2.75, 3.05) is 7.11 Å². The predicted molar refractivity (Wildman–Crippen MR) is 120 cm³/mol. The third kappa shape index (κ3) is 6.39. The summed E-state index contributed by atoms with van der Waals surface area (Å²) in [6.07, 6.45) is 0.802. The molecule has 0 amide bonds. The van der Waals surface area contributed by atoms with E-state index in [4.69, 9.17) is 14.2 Å². The Hall–Kier alpha value is -3.22. The number of aryl methyl sites for hydroxylation is 1. The fourth-order valence-electron chi connectivity index (χ4n) is 3.16. The van der Waals surface area contributed by atoms with Crippen LogP contribution in [0.3, 0.4) is 0 Å². The smallest absolute Gasteiger partial charge is 0.313 e. The fourth-order valence-corrected chi connectivity index (χ4v) is 3.16. The number of hydrogen-bond acceptors (Lipinski definition) is 7. The quantitative estimate of drug-likeness (QED) is 0.391. The van der Waals surface area contributed by atoms with E-state index in [1.54, 1.807) is 13.8 Å². The maximum Gasteiger partial charge on any atom is 0.313 e. The number of ether oxygens (including phenoxy) is 3. The highest BCUT2D eigenvalue weighted by atomic mass is 16.6. The van der Waals surface area contributed by atoms with Crippen LogP contribution in [0.25, 0.3) is 0 Å². The topological polar surface area (TPSA) is 91.8 Å². The van der Waals surface area contributed by atoms with Gasteiger partial charge in [0.05, 0.1) is 19.4 Å². The van der Waals surface area contributed by atoms with Gasteiger partial charge in [0, 0.05) is 24.6 Å². The van der Waals surface area contributed by atoms with Gasteiger partial charge in [-0.25, -0.2) is 4.98 Å². The lowest BCUT2D eigenvalue weighted by Gasteiger charge is -2.22. The van der Waals surface area contributed by atoms with Gasteiger partial charge in [0.2, 0.25) is 5.75 Å². The highest BCUT2D eigenvalue weighted by Crippen LogP contribution is 2.31. The average Bonchev–Trinajstić information content (AvgIpc) is 2.77. The van der Waals surface area contributed by atoms with Crippen molar-refractivity contribution >= 4 is 17.7 Å². The van der Waals surface area contributed by atoms with Crippen LogP contribution in [-0.2, 0) is 14.3 Å². The van der Waals surface area contributed by atoms with Crippen LogP contribution in [-0.4, -0.2) is 35.9 Å². The van der Waals surface area contributed by atoms with E-state index in [1.807, 2.05) is 45.0 Å². The first-order valence-electron chi connectivity index (χ1n) is 10.7. The van der Waals surface area contributed by atoms with Crippen LogP contribution in [0.4, 0.5) is 0 Å². The molecule has 7 heteroatoms. The highest BCUT2D eigenvalue weighted by molar-refractivity contribution is 5.99. The molecule has 2 atom stereocenters. The zero-order chi connectivity index (χ0) is 23.8. The molecule has 0 aliphatic heterocycles. The van der Waals surface area contributed by atoms with Crippen molar-refractivity contribution in [3.8, 4) is 11.5 Å². The molecule has 0 aliphatic rings. The largest absolute Gasteiger partial charge is 0.493 e. The number of esters is 2. The summed E-state index contributed by atoms with van der Waals surface area (Å²) >= 11 is 0. The van der Waals surface area contributed by atoms with Crippen molar-refractivity contribution in [3.63, 3.8) is 0 Å². The van der Waals surface area contributed by atoms with Crippen LogP contribution in [0.1, 0.15) is 68.1 Å². The van der Waals surface area contributed by atoms with Gasteiger partial charge in [-0.05, 0) is 25.0 Å². The predicted octanol–water partition coefficient (Wildman–Crippen LogP) is 4.66. The van der Waals surface area contributed by atoms with Gasteiger partial charge in [0.15, 0.2) is 17.2 Å². The number of methoxy groups -OCH3 is 1. The van der Waals surface area contributed by atoms with Gasteiger partial charge in [-0.1, -0.05) is 45.0 Å². The third-order valence-electron chi connectivity index (χ3n) is 5.28. The number of Topliss-reactive ketones (excluding diaryl/α,β-unsaturated/α-hetero) is 1. The summed E-state index contributed by atoms with van der Waals surface area (Å²) in [7, 11) is 1.41. The lowest BCUT2D eigenvalue weighted by atomic mass is 9.92. The summed E-state index contributed by atoms with van der Waals surface area (Å²) in [5.74, 6) is -1.62. The second-order valence-electron chi connectivity index (χ2n) is 8.03. The summed E-state index contributed by atoms with van der Waals surface area (Å²) in [6.45, 7) is 9.22. The fraction of sp³-hybridized carbons (Fsp3) is 0.440. The van der Waals surface area contributed by atoms with Crippen molar-refractivity contribution < 1.29 is 28.6 Å². The van der Waals surface area contributed by atoms with Gasteiger partial charge >= 0.3 is 11.9 Å². The van der Waals surface area contributed by atoms with Gasteiger partial charge in [-0.3, -0.25) is 14.4 Å². The van der Waals surface area contributed by atoms with E-state index >= 15 is 0 Å². The maximum absolute atomic E-state index is 12.8. The molecule has 32 heavy (non-hydrogen) atoms. The molecule has 1 aromatic heterocycles. The molecule has 0 saturated heterocycles. The van der Waals surface area contributed by atoms with E-state index in [-0.39, 0.29) is 42.1 Å². The Bertz CT molecular complexity index is 969. The van der Waals surface area contributed by atoms with Gasteiger partial charge in [0.25, 0.3) is 0 Å². The van der Waals surface area contributed by atoms with Crippen LogP contribution in [0.5, 0.6) is 11.5 Å². The molecule has 7 nitrogen and oxygen atoms in total. The van der Waals surface area contributed by atoms with Gasteiger partial charge in [-0.2, -0.15) is 0 Å². The Labute approximate surface area is 189 Å². The van der Waals surface area contributed by atoms with E-state index in [9.17, 15) is 14.4 Å². The summed E-state index contributed by atoms with van der Waals surface area (Å²) in [6, 6.07) is 9.46. The van der Waals surface area contributed by atoms with E-state index < -0.39 is 23.6 Å². The van der Waals surface area contributed by atoms with Crippen LogP contribution in [0.2, 0.25) is 0 Å². The van der Waals surface area contributed by atoms with Crippen molar-refractivity contribution in [1.82, 2.24) is 4.98 Å². The minimum atomic E-state index is -0.510. The summed E-state index contributed by atoms with van der Waals surface area (Å²) < 4.78 is 16.1. The van der Waals surface area contributed by atoms with E-state index in [2.05, 4.69) is 4.98 Å². The monoisotopic (exact) mass is 441 g/mol. The van der Waals surface area contributed by atoms with E-state index in [0.717, 1.165) is 11.1 Å². The number of ketones is 1. The number of carbonyl (C=O) groups excluding carboxylic acids is 3. The normalized spacial score (nSPS) is 12.7. The lowest BCUT2D eigenvalue weighted by molar-refractivity contribution is -0.149. The standard InChI is InChI=1S/C25H31NO6/c1-15(2)25(29)32-24-21(30-6)13-14-26-23(24)20(27)11-12-22(28)31-18(5)17(4)19-10-8-7-9-16(19)3/h7-10,13-15,17-18H,11-12H2,1-6H3/t17-,18-/m0/s1. The molecule has 2 rings (SSSR count). The van der Waals surface area contributed by atoms with Crippen molar-refractivity contribution in [3.05, 3.63) is 53.3 Å². The molecule has 1 heterocycles. The Morgan fingerprint density at radius 1 is 1.00 bits per heavy atom. The Balaban J connectivity index is 2.03. The van der Waals surface area contributed by atoms with E-state index in [1.165, 1.54) is 19.4 Å². The zero-order valence-electron chi connectivity index (χ0n) is 19.5. The minimum Gasteiger partial charge on any atom is -0.493 e. The second-order valence-corrected chi connectivity index (χ2v) is 8.03. The number of rotatable bonds is 10. The average molecular weight is 442 g/mol. The van der Waals surface area contributed by atoms with E-state index in [0.29, 0.717) is 0 Å². The Morgan fingerprint density at radius 2 is 1.69 bits per heavy atom. The van der Waals surface area contributed by atoms with Crippen molar-refractivity contribution in [1.29, 1.82) is 0 Å². The second kappa shape index (κ2) is 11.4. The summed E-state index contributed by atoms with van der Waals surface area (Å²) in [5.41, 5.74) is 2.19. The van der Waals surface area contributed by atoms with Crippen LogP contribution in [0, 0.1) is 12.8 Å². The van der Waals surface area contributed by atoms with Crippen molar-refractivity contribution in [2.24, 2.45) is 5.92 Å². The summed E-state index contributed by atoms with van der Waals surface area (Å²) in [4.78, 5) is 41.3. The number of pyridine rings is 1. The van der Waals surface area contributed by atoms with Gasteiger partial charge < -0.3 is 14.2 Å². The molecule has 0 unspecified atom stereocenters. The number of aromatic nitrogens is 1. The first-order valence-corrected chi connectivity index (χ1v) is 10.7. The summed E-state index contributed by atoms with van der Waals surface area (Å²) in [5, 5.41) is 0. The number of nitrogens with zero attached hydrogens (tertiary/aromatic N) is 1. The molecule has 0 spiro atoms. The van der Waals surface area contributed by atoms with Crippen LogP contribution in [0.15, 0.2) is 36.5 Å². The molecule has 2 aromatic rings. The SMILES string of the molecule is COc1ccnc(C(=O)CCC(=O)O[C@@H](C)[C@H](C)c2ccccc2C)c1OC(=O)C(C)C. The van der Waals surface area contributed by atoms with Gasteiger partial charge in [0.1, 0.15) is 6.10 Å². The third-order valence-corrected chi connectivity index (χ3v) is 5.28. The Morgan fingerprint density at radius 3 is 2.31 bits per heavy atom. The van der Waals surface area contributed by atoms with Gasteiger partial charge in [-0.15, -0.1) is 0 Å². The minimum absolute atomic E-state index is 0.0120. The first-order chi connectivity index (χ1) is 15.1. The zero-order valence-corrected chi connectivity index (χ0v) is 19.5. The highest BCUT2D eigenvalue weighted by Gasteiger charge is 2.24. The molecular weight excluding hydrogens is 410 g/mol. The molecule has 0 N–H and O–H groups in total. The number of benzene rings is 1. The molecule has 0 aliphatic carbocycles. The lowest BCUT2D eigenvalue weighted by Crippen LogP contribution is -2.22. The Kier molecular flexibility index (Phi) is 8.93. The first kappa shape index (κ1) is 25.0. The van der Waals surface area contributed by atoms with Crippen molar-refractivity contribution in [2.45, 2.75) is 59.5 Å². The number of hydrogen-bond donors (Lipinski definition) is 0. The van der Waals surface area contributed by atoms with Crippen LogP contribution < -0.4 is 9.47 Å². The molecule has 0 saturated carbocycles. The molecule has 172 valence electrons. The number of carbonyl (C=O) groups is 3. The molecule has 0 bridgehead atoms.